The minimum atomic E-state index is -0.484. The van der Waals surface area contributed by atoms with E-state index < -0.39 is 11.7 Å². The summed E-state index contributed by atoms with van der Waals surface area (Å²) in [5.41, 5.74) is 1.99. The molecule has 1 amide bonds. The number of carbonyl (C=O) groups is 1. The number of ether oxygens (including phenoxy) is 1. The van der Waals surface area contributed by atoms with Crippen LogP contribution in [0, 0.1) is 12.7 Å². The fourth-order valence-corrected chi connectivity index (χ4v) is 2.60. The lowest BCUT2D eigenvalue weighted by Gasteiger charge is -2.09. The van der Waals surface area contributed by atoms with E-state index in [9.17, 15) is 9.18 Å². The second kappa shape index (κ2) is 6.67. The monoisotopic (exact) mass is 345 g/mol. The van der Waals surface area contributed by atoms with E-state index in [1.54, 1.807) is 13.0 Å². The maximum absolute atomic E-state index is 13.5. The van der Waals surface area contributed by atoms with Gasteiger partial charge in [-0.15, -0.1) is 5.10 Å². The molecule has 7 nitrogen and oxygen atoms in total. The number of hydrogen-bond acceptors (Lipinski definition) is 7. The molecule has 0 saturated heterocycles. The number of pyridine rings is 2. The van der Waals surface area contributed by atoms with Gasteiger partial charge in [-0.25, -0.2) is 4.39 Å². The number of hydrogen-bond donors (Lipinski definition) is 1. The van der Waals surface area contributed by atoms with Gasteiger partial charge < -0.3 is 4.74 Å². The van der Waals surface area contributed by atoms with Crippen LogP contribution in [0.5, 0.6) is 5.19 Å². The van der Waals surface area contributed by atoms with Gasteiger partial charge in [0.25, 0.3) is 11.1 Å². The standard InChI is InChI=1S/C15H12FN5O2S/c1-8-3-11(9-4-10(16)6-17-5-9)12(7-18-8)13(22)19-14-20-21-15(23-2)24-14/h3-7H,1-2H3,(H,19,20,22). The first-order chi connectivity index (χ1) is 11.6. The molecule has 3 aromatic heterocycles. The van der Waals surface area contributed by atoms with Crippen LogP contribution >= 0.6 is 11.3 Å². The second-order valence-electron chi connectivity index (χ2n) is 4.79. The number of halogens is 1. The molecule has 24 heavy (non-hydrogen) atoms. The van der Waals surface area contributed by atoms with Crippen LogP contribution in [0.1, 0.15) is 16.1 Å². The lowest BCUT2D eigenvalue weighted by atomic mass is 10.0. The summed E-state index contributed by atoms with van der Waals surface area (Å²) in [4.78, 5) is 20.5. The van der Waals surface area contributed by atoms with Crippen molar-refractivity contribution in [1.29, 1.82) is 0 Å². The second-order valence-corrected chi connectivity index (χ2v) is 5.73. The normalized spacial score (nSPS) is 10.5. The number of amides is 1. The minimum absolute atomic E-state index is 0.280. The zero-order valence-corrected chi connectivity index (χ0v) is 13.6. The first-order valence-electron chi connectivity index (χ1n) is 6.83. The molecular formula is C15H12FN5O2S. The fraction of sp³-hybridized carbons (Fsp3) is 0.133. The molecule has 0 fully saturated rings. The van der Waals surface area contributed by atoms with Gasteiger partial charge in [0.1, 0.15) is 5.82 Å². The van der Waals surface area contributed by atoms with Crippen molar-refractivity contribution in [3.63, 3.8) is 0 Å². The molecule has 0 bridgehead atoms. The van der Waals surface area contributed by atoms with E-state index in [2.05, 4.69) is 25.5 Å². The highest BCUT2D eigenvalue weighted by Crippen LogP contribution is 2.26. The van der Waals surface area contributed by atoms with Crippen LogP contribution < -0.4 is 10.1 Å². The molecule has 0 aromatic carbocycles. The van der Waals surface area contributed by atoms with Crippen LogP contribution in [0.4, 0.5) is 9.52 Å². The molecule has 0 spiro atoms. The molecule has 3 heterocycles. The third-order valence-electron chi connectivity index (χ3n) is 3.10. The zero-order valence-electron chi connectivity index (χ0n) is 12.8. The van der Waals surface area contributed by atoms with Gasteiger partial charge in [-0.05, 0) is 36.0 Å². The third-order valence-corrected chi connectivity index (χ3v) is 3.90. The van der Waals surface area contributed by atoms with E-state index in [0.29, 0.717) is 27.1 Å². The molecule has 3 aromatic rings. The topological polar surface area (TPSA) is 89.9 Å². The number of anilines is 1. The van der Waals surface area contributed by atoms with Crippen LogP contribution in [-0.4, -0.2) is 33.2 Å². The van der Waals surface area contributed by atoms with Crippen molar-refractivity contribution < 1.29 is 13.9 Å². The maximum Gasteiger partial charge on any atom is 0.295 e. The highest BCUT2D eigenvalue weighted by atomic mass is 32.1. The molecule has 122 valence electrons. The molecule has 0 atom stereocenters. The number of aromatic nitrogens is 4. The Morgan fingerprint density at radius 2 is 2.08 bits per heavy atom. The fourth-order valence-electron chi connectivity index (χ4n) is 2.05. The third kappa shape index (κ3) is 3.35. The molecule has 0 unspecified atom stereocenters. The molecule has 0 aliphatic carbocycles. The van der Waals surface area contributed by atoms with Gasteiger partial charge >= 0.3 is 0 Å². The molecule has 9 heteroatoms. The van der Waals surface area contributed by atoms with Crippen LogP contribution in [0.15, 0.2) is 30.7 Å². The van der Waals surface area contributed by atoms with E-state index >= 15 is 0 Å². The largest absolute Gasteiger partial charge is 0.472 e. The van der Waals surface area contributed by atoms with Gasteiger partial charge in [-0.1, -0.05) is 5.10 Å². The lowest BCUT2D eigenvalue weighted by molar-refractivity contribution is 0.102. The van der Waals surface area contributed by atoms with Crippen molar-refractivity contribution in [3.05, 3.63) is 47.8 Å². The highest BCUT2D eigenvalue weighted by Gasteiger charge is 2.17. The summed E-state index contributed by atoms with van der Waals surface area (Å²) in [5, 5.41) is 10.8. The smallest absolute Gasteiger partial charge is 0.295 e. The molecule has 0 saturated carbocycles. The Kier molecular flexibility index (Phi) is 4.43. The van der Waals surface area contributed by atoms with Gasteiger partial charge in [-0.3, -0.25) is 20.1 Å². The summed E-state index contributed by atoms with van der Waals surface area (Å²) >= 11 is 1.09. The Balaban J connectivity index is 1.96. The highest BCUT2D eigenvalue weighted by molar-refractivity contribution is 7.17. The van der Waals surface area contributed by atoms with Gasteiger partial charge in [0.2, 0.25) is 5.13 Å². The van der Waals surface area contributed by atoms with Crippen LogP contribution in [0.3, 0.4) is 0 Å². The average molecular weight is 345 g/mol. The Bertz CT molecular complexity index is 899. The van der Waals surface area contributed by atoms with Crippen molar-refractivity contribution in [2.75, 3.05) is 12.4 Å². The Labute approximate surface area is 140 Å². The lowest BCUT2D eigenvalue weighted by Crippen LogP contribution is -2.14. The quantitative estimate of drug-likeness (QED) is 0.782. The van der Waals surface area contributed by atoms with E-state index in [1.807, 2.05) is 0 Å². The van der Waals surface area contributed by atoms with E-state index in [1.165, 1.54) is 25.6 Å². The van der Waals surface area contributed by atoms with Gasteiger partial charge in [0.15, 0.2) is 0 Å². The predicted molar refractivity (Wildman–Crippen MR) is 86.6 cm³/mol. The van der Waals surface area contributed by atoms with E-state index in [-0.39, 0.29) is 5.56 Å². The molecule has 0 aliphatic heterocycles. The zero-order chi connectivity index (χ0) is 17.1. The molecule has 1 N–H and O–H groups in total. The Morgan fingerprint density at radius 1 is 1.25 bits per heavy atom. The van der Waals surface area contributed by atoms with E-state index in [4.69, 9.17) is 4.74 Å². The predicted octanol–water partition coefficient (Wildman–Crippen LogP) is 2.70. The molecule has 0 radical (unpaired) electrons. The van der Waals surface area contributed by atoms with Gasteiger partial charge in [-0.2, -0.15) is 0 Å². The van der Waals surface area contributed by atoms with E-state index in [0.717, 1.165) is 17.5 Å². The van der Waals surface area contributed by atoms with Crippen molar-refractivity contribution in [2.45, 2.75) is 6.92 Å². The summed E-state index contributed by atoms with van der Waals surface area (Å²) in [7, 11) is 1.46. The Hall–Kier alpha value is -2.94. The molecule has 3 rings (SSSR count). The summed E-state index contributed by atoms with van der Waals surface area (Å²) in [5.74, 6) is -0.914. The maximum atomic E-state index is 13.5. The van der Waals surface area contributed by atoms with Crippen molar-refractivity contribution in [1.82, 2.24) is 20.2 Å². The number of nitrogens with zero attached hydrogens (tertiary/aromatic N) is 4. The SMILES string of the molecule is COc1nnc(NC(=O)c2cnc(C)cc2-c2cncc(F)c2)s1. The summed E-state index contributed by atoms with van der Waals surface area (Å²) in [6.45, 7) is 1.79. The summed E-state index contributed by atoms with van der Waals surface area (Å²) < 4.78 is 18.4. The number of nitrogens with one attached hydrogen (secondary N) is 1. The van der Waals surface area contributed by atoms with Gasteiger partial charge in [0, 0.05) is 23.7 Å². The first-order valence-corrected chi connectivity index (χ1v) is 7.65. The first kappa shape index (κ1) is 15.9. The molecule has 0 aliphatic rings. The molecular weight excluding hydrogens is 333 g/mol. The van der Waals surface area contributed by atoms with Gasteiger partial charge in [0.05, 0.1) is 18.9 Å². The summed E-state index contributed by atoms with van der Waals surface area (Å²) in [6, 6.07) is 3.01. The number of rotatable bonds is 4. The van der Waals surface area contributed by atoms with Crippen LogP contribution in [-0.2, 0) is 0 Å². The van der Waals surface area contributed by atoms with Crippen molar-refractivity contribution in [2.24, 2.45) is 0 Å². The average Bonchev–Trinajstić information content (AvgIpc) is 3.02. The minimum Gasteiger partial charge on any atom is -0.472 e. The summed E-state index contributed by atoms with van der Waals surface area (Å²) in [6.07, 6.45) is 4.02. The number of carbonyl (C=O) groups excluding carboxylic acids is 1. The van der Waals surface area contributed by atoms with Crippen LogP contribution in [0.25, 0.3) is 11.1 Å². The van der Waals surface area contributed by atoms with Crippen molar-refractivity contribution in [3.8, 4) is 16.3 Å². The van der Waals surface area contributed by atoms with Crippen LogP contribution in [0.2, 0.25) is 0 Å². The van der Waals surface area contributed by atoms with Crippen molar-refractivity contribution >= 4 is 22.4 Å². The number of aryl methyl sites for hydroxylation is 1. The number of methoxy groups -OCH3 is 1. The Morgan fingerprint density at radius 3 is 2.79 bits per heavy atom.